The van der Waals surface area contributed by atoms with E-state index in [9.17, 15) is 19.0 Å². The predicted octanol–water partition coefficient (Wildman–Crippen LogP) is 5.78. The van der Waals surface area contributed by atoms with E-state index in [0.717, 1.165) is 11.6 Å². The highest BCUT2D eigenvalue weighted by molar-refractivity contribution is 6.13. The molecule has 0 N–H and O–H groups in total. The highest BCUT2D eigenvalue weighted by atomic mass is 19.3. The van der Waals surface area contributed by atoms with Crippen molar-refractivity contribution in [3.63, 3.8) is 0 Å². The molecule has 1 atom stereocenters. The van der Waals surface area contributed by atoms with E-state index in [2.05, 4.69) is 22.5 Å². The monoisotopic (exact) mass is 442 g/mol. The van der Waals surface area contributed by atoms with Crippen LogP contribution in [-0.4, -0.2) is 36.0 Å². The second-order valence-electron chi connectivity index (χ2n) is 7.62. The van der Waals surface area contributed by atoms with Gasteiger partial charge in [-0.2, -0.15) is 8.78 Å². The van der Waals surface area contributed by atoms with Gasteiger partial charge in [0.1, 0.15) is 5.71 Å². The molecule has 1 radical (unpaired) electrons. The SMILES string of the molecule is C#CC(=NC(=[N])C(/C=C\C)=C/C(=C)C)[C@H](C)CCCC(=O)/C(C)=C/C(=NC)C(F)(F)CC. The molecule has 0 fully saturated rings. The largest absolute Gasteiger partial charge is 0.295 e. The second kappa shape index (κ2) is 14.2. The molecule has 0 saturated heterocycles. The van der Waals surface area contributed by atoms with Gasteiger partial charge in [0.05, 0.1) is 5.71 Å². The molecule has 0 aromatic carbocycles. The van der Waals surface area contributed by atoms with Crippen molar-refractivity contribution in [3.8, 4) is 12.3 Å². The molecule has 0 aromatic rings. The van der Waals surface area contributed by atoms with Crippen molar-refractivity contribution in [1.29, 1.82) is 0 Å². The van der Waals surface area contributed by atoms with Crippen molar-refractivity contribution >= 4 is 23.0 Å². The third-order valence-corrected chi connectivity index (χ3v) is 4.74. The van der Waals surface area contributed by atoms with E-state index in [1.807, 2.05) is 13.8 Å². The summed E-state index contributed by atoms with van der Waals surface area (Å²) in [6, 6.07) is 0. The lowest BCUT2D eigenvalue weighted by molar-refractivity contribution is -0.115. The van der Waals surface area contributed by atoms with E-state index in [1.54, 1.807) is 25.2 Å². The van der Waals surface area contributed by atoms with Crippen LogP contribution in [0, 0.1) is 18.3 Å². The topological polar surface area (TPSA) is 64.1 Å². The Kier molecular flexibility index (Phi) is 12.9. The third kappa shape index (κ3) is 9.91. The number of halogens is 2. The van der Waals surface area contributed by atoms with Gasteiger partial charge in [-0.05, 0) is 51.3 Å². The number of Topliss-reactive ketones (excluding diaryl/α,β-unsaturated/α-hetero) is 1. The second-order valence-corrected chi connectivity index (χ2v) is 7.62. The van der Waals surface area contributed by atoms with Crippen LogP contribution in [0.4, 0.5) is 8.78 Å². The van der Waals surface area contributed by atoms with Crippen LogP contribution in [0.3, 0.4) is 0 Å². The number of nitrogens with zero attached hydrogens (tertiary/aromatic N) is 3. The number of carbonyl (C=O) groups is 1. The number of ketones is 1. The average Bonchev–Trinajstić information content (AvgIpc) is 2.74. The van der Waals surface area contributed by atoms with Crippen molar-refractivity contribution in [3.05, 3.63) is 47.6 Å². The molecule has 0 aromatic heterocycles. The first-order valence-electron chi connectivity index (χ1n) is 10.6. The van der Waals surface area contributed by atoms with E-state index in [4.69, 9.17) is 6.42 Å². The molecule has 0 aliphatic carbocycles. The van der Waals surface area contributed by atoms with Crippen LogP contribution in [-0.2, 0) is 4.79 Å². The van der Waals surface area contributed by atoms with Crippen LogP contribution in [0.5, 0.6) is 0 Å². The Hall–Kier alpha value is -2.94. The summed E-state index contributed by atoms with van der Waals surface area (Å²) >= 11 is 0. The smallest absolute Gasteiger partial charge is 0.289 e. The van der Waals surface area contributed by atoms with E-state index in [1.165, 1.54) is 20.9 Å². The maximum Gasteiger partial charge on any atom is 0.289 e. The van der Waals surface area contributed by atoms with E-state index < -0.39 is 11.6 Å². The fourth-order valence-corrected chi connectivity index (χ4v) is 2.80. The molecule has 0 heterocycles. The Morgan fingerprint density at radius 3 is 2.41 bits per heavy atom. The Morgan fingerprint density at radius 1 is 1.31 bits per heavy atom. The van der Waals surface area contributed by atoms with E-state index >= 15 is 0 Å². The van der Waals surface area contributed by atoms with Gasteiger partial charge < -0.3 is 0 Å². The molecule has 6 heteroatoms. The van der Waals surface area contributed by atoms with Crippen LogP contribution >= 0.6 is 0 Å². The van der Waals surface area contributed by atoms with Crippen LogP contribution in [0.2, 0.25) is 0 Å². The first-order chi connectivity index (χ1) is 14.9. The van der Waals surface area contributed by atoms with Crippen LogP contribution in [0.1, 0.15) is 60.3 Å². The Balaban J connectivity index is 5.18. The first-order valence-corrected chi connectivity index (χ1v) is 10.6. The third-order valence-electron chi connectivity index (χ3n) is 4.74. The number of hydrogen-bond acceptors (Lipinski definition) is 2. The lowest BCUT2D eigenvalue weighted by atomic mass is 9.96. The molecular formula is C26H34F2N3O. The van der Waals surface area contributed by atoms with Crippen molar-refractivity contribution in [2.45, 2.75) is 66.2 Å². The van der Waals surface area contributed by atoms with Gasteiger partial charge >= 0.3 is 0 Å². The predicted molar refractivity (Wildman–Crippen MR) is 131 cm³/mol. The zero-order valence-electron chi connectivity index (χ0n) is 20.0. The van der Waals surface area contributed by atoms with Gasteiger partial charge in [0.25, 0.3) is 5.92 Å². The van der Waals surface area contributed by atoms with Crippen molar-refractivity contribution in [2.24, 2.45) is 15.9 Å². The fourth-order valence-electron chi connectivity index (χ4n) is 2.80. The quantitative estimate of drug-likeness (QED) is 0.124. The molecule has 0 amide bonds. The average molecular weight is 443 g/mol. The fraction of sp³-hybridized carbons (Fsp3) is 0.462. The van der Waals surface area contributed by atoms with Crippen LogP contribution < -0.4 is 5.41 Å². The highest BCUT2D eigenvalue weighted by Gasteiger charge is 2.32. The molecule has 0 aliphatic rings. The summed E-state index contributed by atoms with van der Waals surface area (Å²) in [5.74, 6) is -1.16. The van der Waals surface area contributed by atoms with Gasteiger partial charge in [-0.1, -0.05) is 44.1 Å². The van der Waals surface area contributed by atoms with Gasteiger partial charge in [0.15, 0.2) is 11.6 Å². The summed E-state index contributed by atoms with van der Waals surface area (Å²) in [6.07, 6.45) is 12.8. The normalized spacial score (nSPS) is 15.0. The van der Waals surface area contributed by atoms with Gasteiger partial charge in [0.2, 0.25) is 0 Å². The number of amidine groups is 1. The Bertz CT molecular complexity index is 897. The molecule has 0 rings (SSSR count). The van der Waals surface area contributed by atoms with Gasteiger partial charge in [-0.15, -0.1) is 11.8 Å². The van der Waals surface area contributed by atoms with E-state index in [0.29, 0.717) is 24.1 Å². The van der Waals surface area contributed by atoms with Crippen molar-refractivity contribution < 1.29 is 13.6 Å². The highest BCUT2D eigenvalue weighted by Crippen LogP contribution is 2.22. The molecule has 4 nitrogen and oxygen atoms in total. The molecule has 32 heavy (non-hydrogen) atoms. The molecule has 0 saturated carbocycles. The first kappa shape index (κ1) is 29.1. The number of aliphatic imine (C=N–C) groups is 2. The van der Waals surface area contributed by atoms with Crippen LogP contribution in [0.15, 0.2) is 57.6 Å². The number of alkyl halides is 2. The molecule has 0 unspecified atom stereocenters. The summed E-state index contributed by atoms with van der Waals surface area (Å²) < 4.78 is 27.7. The van der Waals surface area contributed by atoms with Gasteiger partial charge in [-0.25, -0.2) is 4.99 Å². The lowest BCUT2D eigenvalue weighted by Crippen LogP contribution is -2.26. The number of rotatable bonds is 12. The molecule has 0 bridgehead atoms. The Labute approximate surface area is 191 Å². The number of carbonyl (C=O) groups excluding carboxylic acids is 1. The minimum Gasteiger partial charge on any atom is -0.295 e. The summed E-state index contributed by atoms with van der Waals surface area (Å²) in [5.41, 5.74) is 1.46. The standard InChI is InChI=1S/C26H34F2N3O/c1-9-13-21(16-18(4)5)25(29)31-22(10-2)19(6)14-12-15-23(32)20(7)17-24(30-8)26(27,28)11-3/h2,9,13,16-17,19H,4,11-12,14-15H2,1,3,5-8H3/b13-9-,20-17+,21-16+,30-24?,31-22?/t19-/m1/s1. The maximum atomic E-state index is 13.9. The lowest BCUT2D eigenvalue weighted by Gasteiger charge is -2.14. The summed E-state index contributed by atoms with van der Waals surface area (Å²) in [4.78, 5) is 20.2. The number of hydrogen-bond donors (Lipinski definition) is 0. The minimum absolute atomic E-state index is 0.173. The summed E-state index contributed by atoms with van der Waals surface area (Å²) in [6.45, 7) is 12.2. The van der Waals surface area contributed by atoms with E-state index in [-0.39, 0.29) is 36.0 Å². The zero-order chi connectivity index (χ0) is 24.9. The number of terminal acetylenes is 1. The Morgan fingerprint density at radius 2 is 1.94 bits per heavy atom. The molecule has 173 valence electrons. The van der Waals surface area contributed by atoms with Crippen LogP contribution in [0.25, 0.3) is 0 Å². The van der Waals surface area contributed by atoms with Gasteiger partial charge in [-0.3, -0.25) is 9.79 Å². The minimum atomic E-state index is -3.06. The number of allylic oxidation sites excluding steroid dienone is 5. The maximum absolute atomic E-state index is 13.9. The van der Waals surface area contributed by atoms with Crippen molar-refractivity contribution in [1.82, 2.24) is 5.41 Å². The molecule has 0 spiro atoms. The van der Waals surface area contributed by atoms with Gasteiger partial charge in [0, 0.05) is 31.4 Å². The molecular weight excluding hydrogens is 408 g/mol. The molecule has 0 aliphatic heterocycles. The van der Waals surface area contributed by atoms with Crippen molar-refractivity contribution in [2.75, 3.05) is 7.05 Å². The summed E-state index contributed by atoms with van der Waals surface area (Å²) in [7, 11) is 1.29. The summed E-state index contributed by atoms with van der Waals surface area (Å²) in [5, 5.41) is 10.4. The zero-order valence-corrected chi connectivity index (χ0v) is 20.0.